The molecule has 0 aliphatic rings. The van der Waals surface area contributed by atoms with Crippen LogP contribution in [0.25, 0.3) is 0 Å². The van der Waals surface area contributed by atoms with Gasteiger partial charge in [0.15, 0.2) is 0 Å². The summed E-state index contributed by atoms with van der Waals surface area (Å²) in [6.07, 6.45) is 3.02. The lowest BCUT2D eigenvalue weighted by Gasteiger charge is -2.21. The maximum absolute atomic E-state index is 12.7. The summed E-state index contributed by atoms with van der Waals surface area (Å²) in [7, 11) is 0. The van der Waals surface area contributed by atoms with E-state index in [2.05, 4.69) is 9.97 Å². The molecule has 2 rings (SSSR count). The van der Waals surface area contributed by atoms with Crippen LogP contribution in [0.2, 0.25) is 0 Å². The number of aliphatic hydroxyl groups excluding tert-OH is 1. The first-order valence-electron chi connectivity index (χ1n) is 8.50. The molecule has 1 aromatic heterocycles. The van der Waals surface area contributed by atoms with Crippen molar-refractivity contribution in [1.29, 1.82) is 0 Å². The van der Waals surface area contributed by atoms with Gasteiger partial charge in [-0.15, -0.1) is 0 Å². The van der Waals surface area contributed by atoms with Crippen molar-refractivity contribution >= 4 is 5.91 Å². The van der Waals surface area contributed by atoms with Gasteiger partial charge in [0.05, 0.1) is 30.8 Å². The van der Waals surface area contributed by atoms with Gasteiger partial charge in [-0.25, -0.2) is 4.98 Å². The first-order chi connectivity index (χ1) is 11.8. The molecule has 0 unspecified atom stereocenters. The van der Waals surface area contributed by atoms with E-state index in [1.807, 2.05) is 19.1 Å². The number of carbonyl (C=O) groups is 1. The van der Waals surface area contributed by atoms with Gasteiger partial charge in [-0.1, -0.05) is 12.1 Å². The van der Waals surface area contributed by atoms with Gasteiger partial charge in [0.1, 0.15) is 0 Å². The van der Waals surface area contributed by atoms with Gasteiger partial charge in [0.25, 0.3) is 5.91 Å². The number of benzene rings is 1. The Morgan fingerprint density at radius 2 is 1.96 bits per heavy atom. The fraction of sp³-hybridized carbons (Fsp3) is 0.474. The monoisotopic (exact) mass is 345 g/mol. The fourth-order valence-electron chi connectivity index (χ4n) is 2.55. The minimum atomic E-state index is -0.701. The lowest BCUT2D eigenvalue weighted by atomic mass is 9.98. The Labute approximate surface area is 148 Å². The summed E-state index contributed by atoms with van der Waals surface area (Å²) in [5, 5.41) is 19.1. The van der Waals surface area contributed by atoms with Gasteiger partial charge in [0, 0.05) is 17.8 Å². The van der Waals surface area contributed by atoms with Gasteiger partial charge in [-0.2, -0.15) is 0 Å². The van der Waals surface area contributed by atoms with Gasteiger partial charge in [-0.05, 0) is 51.3 Å². The molecule has 0 aliphatic carbocycles. The molecule has 0 fully saturated rings. The average molecular weight is 345 g/mol. The molecular weight excluding hydrogens is 318 g/mol. The van der Waals surface area contributed by atoms with Gasteiger partial charge in [-0.3, -0.25) is 4.79 Å². The highest BCUT2D eigenvalue weighted by Crippen LogP contribution is 2.15. The number of nitrogens with one attached hydrogen (secondary N) is 1. The van der Waals surface area contributed by atoms with Crippen molar-refractivity contribution in [2.24, 2.45) is 0 Å². The molecule has 0 saturated heterocycles. The molecule has 1 aromatic carbocycles. The first-order valence-corrected chi connectivity index (χ1v) is 8.50. The van der Waals surface area contributed by atoms with Crippen LogP contribution in [0.4, 0.5) is 0 Å². The first kappa shape index (κ1) is 19.1. The van der Waals surface area contributed by atoms with Crippen LogP contribution in [0.1, 0.15) is 47.6 Å². The molecule has 1 heterocycles. The van der Waals surface area contributed by atoms with E-state index in [1.165, 1.54) is 0 Å². The summed E-state index contributed by atoms with van der Waals surface area (Å²) in [6, 6.07) is 7.42. The van der Waals surface area contributed by atoms with Crippen LogP contribution in [0.5, 0.6) is 0 Å². The van der Waals surface area contributed by atoms with Crippen molar-refractivity contribution in [3.63, 3.8) is 0 Å². The summed E-state index contributed by atoms with van der Waals surface area (Å²) in [4.78, 5) is 21.5. The van der Waals surface area contributed by atoms with Crippen LogP contribution < -0.4 is 0 Å². The highest BCUT2D eigenvalue weighted by molar-refractivity contribution is 5.94. The molecule has 6 nitrogen and oxygen atoms in total. The number of rotatable bonds is 8. The number of nitrogens with zero attached hydrogens (tertiary/aromatic N) is 2. The smallest absolute Gasteiger partial charge is 0.254 e. The largest absolute Gasteiger partial charge is 0.395 e. The molecule has 0 bridgehead atoms. The predicted molar refractivity (Wildman–Crippen MR) is 96.2 cm³/mol. The number of aromatic nitrogens is 2. The lowest BCUT2D eigenvalue weighted by Crippen LogP contribution is -2.33. The van der Waals surface area contributed by atoms with Crippen LogP contribution >= 0.6 is 0 Å². The third-order valence-electron chi connectivity index (χ3n) is 4.16. The van der Waals surface area contributed by atoms with E-state index in [4.69, 9.17) is 0 Å². The van der Waals surface area contributed by atoms with Crippen molar-refractivity contribution in [3.8, 4) is 0 Å². The molecule has 0 aliphatic heterocycles. The topological polar surface area (TPSA) is 89.5 Å². The number of H-pyrrole nitrogens is 1. The molecule has 2 aromatic rings. The predicted octanol–water partition coefficient (Wildman–Crippen LogP) is 2.06. The quantitative estimate of drug-likeness (QED) is 0.683. The zero-order valence-corrected chi connectivity index (χ0v) is 15.1. The van der Waals surface area contributed by atoms with Gasteiger partial charge < -0.3 is 20.1 Å². The molecule has 1 amide bonds. The Kier molecular flexibility index (Phi) is 6.33. The maximum Gasteiger partial charge on any atom is 0.254 e. The second kappa shape index (κ2) is 8.27. The number of hydrogen-bond acceptors (Lipinski definition) is 4. The minimum Gasteiger partial charge on any atom is -0.395 e. The van der Waals surface area contributed by atoms with E-state index >= 15 is 0 Å². The maximum atomic E-state index is 12.7. The van der Waals surface area contributed by atoms with E-state index in [0.29, 0.717) is 18.5 Å². The number of imidazole rings is 1. The van der Waals surface area contributed by atoms with Crippen LogP contribution in [-0.2, 0) is 13.0 Å². The van der Waals surface area contributed by atoms with E-state index in [-0.39, 0.29) is 19.1 Å². The van der Waals surface area contributed by atoms with Gasteiger partial charge in [0.2, 0.25) is 0 Å². The number of aromatic amines is 1. The Morgan fingerprint density at radius 1 is 1.28 bits per heavy atom. The number of hydrogen-bond donors (Lipinski definition) is 3. The Bertz CT molecular complexity index is 687. The average Bonchev–Trinajstić information content (AvgIpc) is 2.97. The van der Waals surface area contributed by atoms with Crippen molar-refractivity contribution < 1.29 is 15.0 Å². The molecule has 3 N–H and O–H groups in total. The molecule has 136 valence electrons. The van der Waals surface area contributed by atoms with Gasteiger partial charge >= 0.3 is 0 Å². The Morgan fingerprint density at radius 3 is 2.48 bits per heavy atom. The second-order valence-corrected chi connectivity index (χ2v) is 6.93. The zero-order chi connectivity index (χ0) is 18.4. The molecule has 0 saturated carbocycles. The third-order valence-corrected chi connectivity index (χ3v) is 4.16. The van der Waals surface area contributed by atoms with Crippen molar-refractivity contribution in [1.82, 2.24) is 14.9 Å². The summed E-state index contributed by atoms with van der Waals surface area (Å²) in [5.41, 5.74) is 2.67. The third kappa shape index (κ3) is 5.69. The van der Waals surface area contributed by atoms with Crippen LogP contribution in [0, 0.1) is 6.92 Å². The van der Waals surface area contributed by atoms with Crippen molar-refractivity contribution in [2.45, 2.75) is 45.8 Å². The summed E-state index contributed by atoms with van der Waals surface area (Å²) < 4.78 is 0. The van der Waals surface area contributed by atoms with E-state index in [9.17, 15) is 15.0 Å². The van der Waals surface area contributed by atoms with Crippen LogP contribution in [0.15, 0.2) is 30.6 Å². The normalized spacial score (nSPS) is 11.6. The van der Waals surface area contributed by atoms with E-state index < -0.39 is 5.60 Å². The summed E-state index contributed by atoms with van der Waals surface area (Å²) in [6.45, 7) is 5.99. The van der Waals surface area contributed by atoms with Crippen molar-refractivity contribution in [2.75, 3.05) is 13.2 Å². The summed E-state index contributed by atoms with van der Waals surface area (Å²) >= 11 is 0. The van der Waals surface area contributed by atoms with Crippen LogP contribution in [-0.4, -0.2) is 49.7 Å². The molecular formula is C19H27N3O3. The number of amides is 1. The SMILES string of the molecule is Cc1[nH]cnc1CN(CCO)C(=O)c1ccc(CCC(C)(C)O)cc1. The van der Waals surface area contributed by atoms with E-state index in [1.54, 1.807) is 37.2 Å². The standard InChI is InChI=1S/C19H27N3O3/c1-14-17(21-13-20-14)12-22(10-11-23)18(24)16-6-4-15(5-7-16)8-9-19(2,3)25/h4-7,13,23,25H,8-12H2,1-3H3,(H,20,21). The number of aryl methyl sites for hydroxylation is 2. The molecule has 0 atom stereocenters. The molecule has 25 heavy (non-hydrogen) atoms. The van der Waals surface area contributed by atoms with E-state index in [0.717, 1.165) is 23.4 Å². The minimum absolute atomic E-state index is 0.0983. The Balaban J connectivity index is 2.06. The summed E-state index contributed by atoms with van der Waals surface area (Å²) in [5.74, 6) is -0.134. The highest BCUT2D eigenvalue weighted by Gasteiger charge is 2.18. The van der Waals surface area contributed by atoms with Crippen molar-refractivity contribution in [3.05, 3.63) is 53.1 Å². The lowest BCUT2D eigenvalue weighted by molar-refractivity contribution is 0.0700. The molecule has 0 spiro atoms. The number of carbonyl (C=O) groups excluding carboxylic acids is 1. The number of aliphatic hydroxyl groups is 2. The molecule has 0 radical (unpaired) electrons. The van der Waals surface area contributed by atoms with Crippen LogP contribution in [0.3, 0.4) is 0 Å². The highest BCUT2D eigenvalue weighted by atomic mass is 16.3. The zero-order valence-electron chi connectivity index (χ0n) is 15.1. The second-order valence-electron chi connectivity index (χ2n) is 6.93. The molecule has 6 heteroatoms. The Hall–Kier alpha value is -2.18. The fourth-order valence-corrected chi connectivity index (χ4v) is 2.55.